The molecule has 1 amide bonds. The Morgan fingerprint density at radius 2 is 2.06 bits per heavy atom. The van der Waals surface area contributed by atoms with E-state index >= 15 is 0 Å². The van der Waals surface area contributed by atoms with Crippen molar-refractivity contribution < 1.29 is 14.3 Å². The fraction of sp³-hybridized carbons (Fsp3) is 0.455. The molecule has 1 aromatic rings. The lowest BCUT2D eigenvalue weighted by molar-refractivity contribution is -0.143. The Balaban J connectivity index is 2.34. The number of anilines is 1. The molecule has 0 fully saturated rings. The van der Waals surface area contributed by atoms with Crippen LogP contribution in [0.2, 0.25) is 0 Å². The highest BCUT2D eigenvalue weighted by atomic mass is 16.5. The van der Waals surface area contributed by atoms with Crippen LogP contribution in [0.1, 0.15) is 6.92 Å². The molecule has 0 spiro atoms. The molecule has 7 heteroatoms. The number of likely N-dealkylation sites (N-methyl/N-ethyl adjacent to an activating group) is 1. The zero-order valence-corrected chi connectivity index (χ0v) is 10.4. The maximum atomic E-state index is 11.5. The summed E-state index contributed by atoms with van der Waals surface area (Å²) in [6.07, 6.45) is 3.19. The Kier molecular flexibility index (Phi) is 5.56. The first-order chi connectivity index (χ1) is 8.63. The minimum atomic E-state index is -0.454. The molecule has 0 aliphatic carbocycles. The van der Waals surface area contributed by atoms with Crippen molar-refractivity contribution in [3.8, 4) is 0 Å². The molecule has 1 rings (SSSR count). The molecule has 0 saturated heterocycles. The van der Waals surface area contributed by atoms with Crippen molar-refractivity contribution in [2.24, 2.45) is 0 Å². The molecule has 98 valence electrons. The summed E-state index contributed by atoms with van der Waals surface area (Å²) in [5.41, 5.74) is 0. The minimum absolute atomic E-state index is 0.0728. The second-order valence-corrected chi connectivity index (χ2v) is 3.49. The topological polar surface area (TPSA) is 84.4 Å². The zero-order chi connectivity index (χ0) is 13.4. The van der Waals surface area contributed by atoms with Gasteiger partial charge in [-0.2, -0.15) is 0 Å². The van der Waals surface area contributed by atoms with E-state index in [0.29, 0.717) is 12.6 Å². The molecule has 0 unspecified atom stereocenters. The average Bonchev–Trinajstić information content (AvgIpc) is 2.38. The number of hydrogen-bond acceptors (Lipinski definition) is 6. The van der Waals surface area contributed by atoms with E-state index in [1.54, 1.807) is 37.3 Å². The molecule has 1 heterocycles. The van der Waals surface area contributed by atoms with Gasteiger partial charge in [-0.05, 0) is 13.0 Å². The van der Waals surface area contributed by atoms with E-state index in [9.17, 15) is 9.59 Å². The lowest BCUT2D eigenvalue weighted by Crippen LogP contribution is -2.38. The third-order valence-corrected chi connectivity index (χ3v) is 2.01. The average molecular weight is 252 g/mol. The molecule has 0 saturated carbocycles. The molecule has 0 aromatic carbocycles. The molecule has 0 aliphatic rings. The van der Waals surface area contributed by atoms with E-state index in [1.807, 2.05) is 0 Å². The predicted octanol–water partition coefficient (Wildman–Crippen LogP) is -0.408. The van der Waals surface area contributed by atoms with Gasteiger partial charge in [0.15, 0.2) is 0 Å². The van der Waals surface area contributed by atoms with Crippen LogP contribution in [0, 0.1) is 0 Å². The predicted molar refractivity (Wildman–Crippen MR) is 64.9 cm³/mol. The summed E-state index contributed by atoms with van der Waals surface area (Å²) in [5.74, 6) is -0.300. The number of carbonyl (C=O) groups excluding carboxylic acids is 2. The second kappa shape index (κ2) is 7.21. The first-order valence-corrected chi connectivity index (χ1v) is 5.54. The van der Waals surface area contributed by atoms with Crippen LogP contribution in [0.4, 0.5) is 5.95 Å². The number of carbonyl (C=O) groups is 2. The quantitative estimate of drug-likeness (QED) is 0.693. The van der Waals surface area contributed by atoms with Crippen molar-refractivity contribution in [2.75, 3.05) is 31.6 Å². The Labute approximate surface area is 105 Å². The standard InChI is InChI=1S/C11H16N4O3/c1-3-18-10(17)7-14-9(16)8-15(2)11-12-5-4-6-13-11/h4-6H,3,7-8H2,1-2H3,(H,14,16). The van der Waals surface area contributed by atoms with E-state index < -0.39 is 5.97 Å². The fourth-order valence-corrected chi connectivity index (χ4v) is 1.21. The molecule has 0 atom stereocenters. The lowest BCUT2D eigenvalue weighted by Gasteiger charge is -2.15. The van der Waals surface area contributed by atoms with Gasteiger partial charge < -0.3 is 15.0 Å². The largest absolute Gasteiger partial charge is 0.465 e. The summed E-state index contributed by atoms with van der Waals surface area (Å²) >= 11 is 0. The van der Waals surface area contributed by atoms with E-state index in [2.05, 4.69) is 20.0 Å². The SMILES string of the molecule is CCOC(=O)CNC(=O)CN(C)c1ncccn1. The lowest BCUT2D eigenvalue weighted by atomic mass is 10.5. The maximum Gasteiger partial charge on any atom is 0.325 e. The number of amides is 1. The van der Waals surface area contributed by atoms with Gasteiger partial charge in [-0.3, -0.25) is 9.59 Å². The molecular formula is C11H16N4O3. The summed E-state index contributed by atoms with van der Waals surface area (Å²) in [4.78, 5) is 32.1. The Morgan fingerprint density at radius 3 is 2.67 bits per heavy atom. The third-order valence-electron chi connectivity index (χ3n) is 2.01. The van der Waals surface area contributed by atoms with Crippen LogP contribution in [-0.4, -0.2) is 48.6 Å². The van der Waals surface area contributed by atoms with Crippen molar-refractivity contribution in [2.45, 2.75) is 6.92 Å². The Hall–Kier alpha value is -2.18. The smallest absolute Gasteiger partial charge is 0.325 e. The van der Waals surface area contributed by atoms with Gasteiger partial charge in [-0.1, -0.05) is 0 Å². The van der Waals surface area contributed by atoms with Gasteiger partial charge in [0.25, 0.3) is 0 Å². The Bertz CT molecular complexity index is 397. The summed E-state index contributed by atoms with van der Waals surface area (Å²) < 4.78 is 4.69. The number of esters is 1. The number of rotatable bonds is 6. The van der Waals surface area contributed by atoms with E-state index in [4.69, 9.17) is 0 Å². The van der Waals surface area contributed by atoms with Crippen LogP contribution in [0.25, 0.3) is 0 Å². The van der Waals surface area contributed by atoms with E-state index in [0.717, 1.165) is 0 Å². The molecular weight excluding hydrogens is 236 g/mol. The van der Waals surface area contributed by atoms with Crippen LogP contribution in [0.3, 0.4) is 0 Å². The molecule has 1 N–H and O–H groups in total. The van der Waals surface area contributed by atoms with Gasteiger partial charge in [-0.25, -0.2) is 9.97 Å². The highest BCUT2D eigenvalue weighted by Gasteiger charge is 2.10. The monoisotopic (exact) mass is 252 g/mol. The number of nitrogens with zero attached hydrogens (tertiary/aromatic N) is 3. The van der Waals surface area contributed by atoms with Crippen LogP contribution < -0.4 is 10.2 Å². The summed E-state index contributed by atoms with van der Waals surface area (Å²) in [6.45, 7) is 1.95. The van der Waals surface area contributed by atoms with Gasteiger partial charge >= 0.3 is 5.97 Å². The van der Waals surface area contributed by atoms with Crippen molar-refractivity contribution in [1.29, 1.82) is 0 Å². The molecule has 0 aliphatic heterocycles. The minimum Gasteiger partial charge on any atom is -0.465 e. The second-order valence-electron chi connectivity index (χ2n) is 3.49. The van der Waals surface area contributed by atoms with Gasteiger partial charge in [0.1, 0.15) is 6.54 Å². The van der Waals surface area contributed by atoms with Gasteiger partial charge in [0.2, 0.25) is 11.9 Å². The fourth-order valence-electron chi connectivity index (χ4n) is 1.21. The Morgan fingerprint density at radius 1 is 1.39 bits per heavy atom. The number of aromatic nitrogens is 2. The normalized spacial score (nSPS) is 9.67. The van der Waals surface area contributed by atoms with Gasteiger partial charge in [-0.15, -0.1) is 0 Å². The van der Waals surface area contributed by atoms with Crippen molar-refractivity contribution >= 4 is 17.8 Å². The summed E-state index contributed by atoms with van der Waals surface area (Å²) in [5, 5.41) is 2.46. The first kappa shape index (κ1) is 13.9. The number of nitrogens with one attached hydrogen (secondary N) is 1. The van der Waals surface area contributed by atoms with Crippen molar-refractivity contribution in [1.82, 2.24) is 15.3 Å². The highest BCUT2D eigenvalue weighted by molar-refractivity contribution is 5.84. The third kappa shape index (κ3) is 4.77. The summed E-state index contributed by atoms with van der Waals surface area (Å²) in [6, 6.07) is 1.69. The van der Waals surface area contributed by atoms with Crippen LogP contribution in [-0.2, 0) is 14.3 Å². The van der Waals surface area contributed by atoms with Crippen LogP contribution >= 0.6 is 0 Å². The van der Waals surface area contributed by atoms with Crippen LogP contribution in [0.5, 0.6) is 0 Å². The maximum absolute atomic E-state index is 11.5. The van der Waals surface area contributed by atoms with Crippen molar-refractivity contribution in [3.05, 3.63) is 18.5 Å². The highest BCUT2D eigenvalue weighted by Crippen LogP contribution is 2.00. The van der Waals surface area contributed by atoms with E-state index in [1.165, 1.54) is 0 Å². The summed E-state index contributed by atoms with van der Waals surface area (Å²) in [7, 11) is 1.69. The molecule has 0 bridgehead atoms. The van der Waals surface area contributed by atoms with Crippen molar-refractivity contribution in [3.63, 3.8) is 0 Å². The molecule has 0 radical (unpaired) electrons. The first-order valence-electron chi connectivity index (χ1n) is 5.54. The van der Waals surface area contributed by atoms with E-state index in [-0.39, 0.29) is 19.0 Å². The van der Waals surface area contributed by atoms with Gasteiger partial charge in [0, 0.05) is 19.4 Å². The van der Waals surface area contributed by atoms with Gasteiger partial charge in [0.05, 0.1) is 13.2 Å². The number of ether oxygens (including phenoxy) is 1. The number of hydrogen-bond donors (Lipinski definition) is 1. The molecule has 18 heavy (non-hydrogen) atoms. The zero-order valence-electron chi connectivity index (χ0n) is 10.4. The molecule has 1 aromatic heterocycles. The molecule has 7 nitrogen and oxygen atoms in total. The van der Waals surface area contributed by atoms with Crippen LogP contribution in [0.15, 0.2) is 18.5 Å².